The molecule has 0 aliphatic carbocycles. The average molecular weight is 195 g/mol. The summed E-state index contributed by atoms with van der Waals surface area (Å²) in [5.74, 6) is 1.27. The largest absolute Gasteiger partial charge is 0.354 e. The molecule has 66 valence electrons. The zero-order chi connectivity index (χ0) is 8.69. The highest BCUT2D eigenvalue weighted by Crippen LogP contribution is 1.79. The number of amides is 1. The molecule has 0 aromatic heterocycles. The minimum atomic E-state index is -0.785. The van der Waals surface area contributed by atoms with Crippen molar-refractivity contribution in [3.8, 4) is 0 Å². The lowest BCUT2D eigenvalue weighted by molar-refractivity contribution is -0.118. The smallest absolute Gasteiger partial charge is 0.229 e. The summed E-state index contributed by atoms with van der Waals surface area (Å²) in [5, 5.41) is 2.59. The number of carbonyl (C=O) groups excluding carboxylic acids is 1. The lowest BCUT2D eigenvalue weighted by atomic mass is 10.6. The maximum atomic E-state index is 10.8. The predicted molar refractivity (Wildman–Crippen MR) is 50.4 cm³/mol. The number of rotatable bonds is 5. The molecule has 0 rings (SSSR count). The van der Waals surface area contributed by atoms with E-state index >= 15 is 0 Å². The van der Waals surface area contributed by atoms with Crippen LogP contribution in [0.15, 0.2) is 0 Å². The Labute approximate surface area is 74.8 Å². The highest BCUT2D eigenvalue weighted by Gasteiger charge is 1.98. The van der Waals surface area contributed by atoms with Crippen molar-refractivity contribution < 1.29 is 9.00 Å². The van der Waals surface area contributed by atoms with Crippen LogP contribution in [0.5, 0.6) is 0 Å². The van der Waals surface area contributed by atoms with E-state index in [0.29, 0.717) is 18.1 Å². The van der Waals surface area contributed by atoms with Crippen LogP contribution in [0.25, 0.3) is 0 Å². The summed E-state index contributed by atoms with van der Waals surface area (Å²) >= 11 is 3.78. The number of hydrogen-bond donors (Lipinski definition) is 2. The molecule has 0 fully saturated rings. The zero-order valence-corrected chi connectivity index (χ0v) is 8.21. The molecule has 1 amide bonds. The molecule has 0 aromatic carbocycles. The number of thiol groups is 1. The second kappa shape index (κ2) is 6.67. The highest BCUT2D eigenvalue weighted by atomic mass is 32.2. The van der Waals surface area contributed by atoms with Crippen molar-refractivity contribution in [2.24, 2.45) is 0 Å². The lowest BCUT2D eigenvalue weighted by Gasteiger charge is -2.00. The quantitative estimate of drug-likeness (QED) is 0.597. The van der Waals surface area contributed by atoms with Gasteiger partial charge in [-0.05, 0) is 0 Å². The molecule has 0 saturated heterocycles. The topological polar surface area (TPSA) is 46.2 Å². The molecule has 1 N–H and O–H groups in total. The molecule has 3 nitrogen and oxygen atoms in total. The summed E-state index contributed by atoms with van der Waals surface area (Å²) in [6.45, 7) is 2.34. The van der Waals surface area contributed by atoms with Gasteiger partial charge in [0.2, 0.25) is 5.91 Å². The van der Waals surface area contributed by atoms with Crippen LogP contribution < -0.4 is 5.32 Å². The van der Waals surface area contributed by atoms with Gasteiger partial charge < -0.3 is 5.32 Å². The van der Waals surface area contributed by atoms with Gasteiger partial charge in [-0.25, -0.2) is 0 Å². The maximum Gasteiger partial charge on any atom is 0.229 e. The van der Waals surface area contributed by atoms with Gasteiger partial charge in [0, 0.05) is 28.9 Å². The van der Waals surface area contributed by atoms with Gasteiger partial charge >= 0.3 is 0 Å². The van der Waals surface area contributed by atoms with Crippen molar-refractivity contribution in [2.75, 3.05) is 23.8 Å². The standard InChI is InChI=1S/C6H13NO2S2/c1-2-11(9)4-3-7-6(8)5-10/h10H,2-5H2,1H3,(H,7,8). The first-order valence-electron chi connectivity index (χ1n) is 3.43. The van der Waals surface area contributed by atoms with E-state index < -0.39 is 10.8 Å². The van der Waals surface area contributed by atoms with E-state index in [4.69, 9.17) is 0 Å². The number of nitrogens with one attached hydrogen (secondary N) is 1. The first-order chi connectivity index (χ1) is 5.20. The third-order valence-electron chi connectivity index (χ3n) is 1.12. The van der Waals surface area contributed by atoms with Gasteiger partial charge in [0.1, 0.15) is 0 Å². The Morgan fingerprint density at radius 2 is 2.27 bits per heavy atom. The molecule has 0 aliphatic heterocycles. The van der Waals surface area contributed by atoms with Crippen molar-refractivity contribution in [2.45, 2.75) is 6.92 Å². The fraction of sp³-hybridized carbons (Fsp3) is 0.833. The third kappa shape index (κ3) is 6.37. The Morgan fingerprint density at radius 3 is 2.73 bits per heavy atom. The van der Waals surface area contributed by atoms with E-state index in [1.165, 1.54) is 0 Å². The van der Waals surface area contributed by atoms with E-state index in [9.17, 15) is 9.00 Å². The Balaban J connectivity index is 3.27. The Hall–Kier alpha value is -0.0300. The fourth-order valence-corrected chi connectivity index (χ4v) is 1.23. The van der Waals surface area contributed by atoms with Crippen LogP contribution in [0, 0.1) is 0 Å². The van der Waals surface area contributed by atoms with Crippen LogP contribution in [0.3, 0.4) is 0 Å². The Bertz CT molecular complexity index is 134. The van der Waals surface area contributed by atoms with Crippen LogP contribution in [0.4, 0.5) is 0 Å². The minimum Gasteiger partial charge on any atom is -0.354 e. The highest BCUT2D eigenvalue weighted by molar-refractivity contribution is 7.84. The van der Waals surface area contributed by atoms with Crippen LogP contribution >= 0.6 is 12.6 Å². The van der Waals surface area contributed by atoms with Crippen molar-refractivity contribution in [3.63, 3.8) is 0 Å². The SMILES string of the molecule is CCS(=O)CCNC(=O)CS. The van der Waals surface area contributed by atoms with E-state index in [1.807, 2.05) is 6.92 Å². The first-order valence-corrected chi connectivity index (χ1v) is 5.55. The van der Waals surface area contributed by atoms with Crippen molar-refractivity contribution in [1.82, 2.24) is 5.32 Å². The van der Waals surface area contributed by atoms with Gasteiger partial charge in [-0.3, -0.25) is 9.00 Å². The predicted octanol–water partition coefficient (Wildman–Crippen LogP) is -0.199. The molecule has 5 heteroatoms. The molecule has 1 atom stereocenters. The normalized spacial score (nSPS) is 12.5. The monoisotopic (exact) mass is 195 g/mol. The second-order valence-corrected chi connectivity index (χ2v) is 4.12. The van der Waals surface area contributed by atoms with Crippen molar-refractivity contribution >= 4 is 29.3 Å². The number of carbonyl (C=O) groups is 1. The lowest BCUT2D eigenvalue weighted by Crippen LogP contribution is -2.28. The van der Waals surface area contributed by atoms with Gasteiger partial charge in [0.15, 0.2) is 0 Å². The van der Waals surface area contributed by atoms with Gasteiger partial charge in [0.25, 0.3) is 0 Å². The van der Waals surface area contributed by atoms with E-state index in [0.717, 1.165) is 0 Å². The van der Waals surface area contributed by atoms with Crippen LogP contribution in [0.2, 0.25) is 0 Å². The molecule has 11 heavy (non-hydrogen) atoms. The van der Waals surface area contributed by atoms with Crippen molar-refractivity contribution in [3.05, 3.63) is 0 Å². The number of hydrogen-bond acceptors (Lipinski definition) is 3. The third-order valence-corrected chi connectivity index (χ3v) is 2.71. The second-order valence-electron chi connectivity index (χ2n) is 1.94. The average Bonchev–Trinajstić information content (AvgIpc) is 2.04. The summed E-state index contributed by atoms with van der Waals surface area (Å²) in [6.07, 6.45) is 0. The molecule has 0 spiro atoms. The first kappa shape index (κ1) is 11.0. The molecule has 0 aromatic rings. The molecule has 0 heterocycles. The van der Waals surface area contributed by atoms with Gasteiger partial charge in [-0.1, -0.05) is 6.92 Å². The summed E-state index contributed by atoms with van der Waals surface area (Å²) in [7, 11) is -0.785. The Kier molecular flexibility index (Phi) is 6.65. The molecule has 0 bridgehead atoms. The van der Waals surface area contributed by atoms with Crippen molar-refractivity contribution in [1.29, 1.82) is 0 Å². The fourth-order valence-electron chi connectivity index (χ4n) is 0.505. The summed E-state index contributed by atoms with van der Waals surface area (Å²) in [6, 6.07) is 0. The van der Waals surface area contributed by atoms with Crippen LogP contribution in [-0.4, -0.2) is 33.9 Å². The minimum absolute atomic E-state index is 0.110. The molecule has 0 saturated carbocycles. The summed E-state index contributed by atoms with van der Waals surface area (Å²) in [5.41, 5.74) is 0. The molecular formula is C6H13NO2S2. The van der Waals surface area contributed by atoms with E-state index in [1.54, 1.807) is 0 Å². The van der Waals surface area contributed by atoms with Gasteiger partial charge in [-0.15, -0.1) is 0 Å². The maximum absolute atomic E-state index is 10.8. The van der Waals surface area contributed by atoms with E-state index in [-0.39, 0.29) is 11.7 Å². The zero-order valence-electron chi connectivity index (χ0n) is 6.50. The van der Waals surface area contributed by atoms with Crippen LogP contribution in [-0.2, 0) is 15.6 Å². The molecule has 0 aliphatic rings. The molecular weight excluding hydrogens is 182 g/mol. The molecule has 1 unspecified atom stereocenters. The molecule has 0 radical (unpaired) electrons. The van der Waals surface area contributed by atoms with E-state index in [2.05, 4.69) is 17.9 Å². The summed E-state index contributed by atoms with van der Waals surface area (Å²) < 4.78 is 10.8. The Morgan fingerprint density at radius 1 is 1.64 bits per heavy atom. The van der Waals surface area contributed by atoms with Gasteiger partial charge in [0.05, 0.1) is 5.75 Å². The summed E-state index contributed by atoms with van der Waals surface area (Å²) in [4.78, 5) is 10.6. The van der Waals surface area contributed by atoms with Crippen LogP contribution in [0.1, 0.15) is 6.92 Å². The van der Waals surface area contributed by atoms with Gasteiger partial charge in [-0.2, -0.15) is 12.6 Å².